The van der Waals surface area contributed by atoms with Crippen molar-refractivity contribution in [2.75, 3.05) is 26.3 Å². The Morgan fingerprint density at radius 1 is 1.32 bits per heavy atom. The van der Waals surface area contributed by atoms with Crippen LogP contribution < -0.4 is 9.47 Å². The van der Waals surface area contributed by atoms with E-state index < -0.39 is 82.2 Å². The van der Waals surface area contributed by atoms with Gasteiger partial charge in [0.25, 0.3) is 10.0 Å². The number of hydrogen-bond donors (Lipinski definition) is 2. The van der Waals surface area contributed by atoms with Gasteiger partial charge in [-0.15, -0.1) is 0 Å². The van der Waals surface area contributed by atoms with Crippen LogP contribution in [0.3, 0.4) is 0 Å². The van der Waals surface area contributed by atoms with Crippen molar-refractivity contribution in [3.63, 3.8) is 0 Å². The molecule has 0 spiro atoms. The number of aliphatic hydroxyl groups excluding tert-OH is 1. The molecule has 2 heterocycles. The largest absolute Gasteiger partial charge is 0.482 e. The number of benzene rings is 1. The molecule has 15 heteroatoms. The lowest BCUT2D eigenvalue weighted by molar-refractivity contribution is -0.153. The number of rotatable bonds is 7. The van der Waals surface area contributed by atoms with Crippen molar-refractivity contribution < 1.29 is 45.7 Å². The Morgan fingerprint density at radius 3 is 2.59 bits per heavy atom. The van der Waals surface area contributed by atoms with Crippen molar-refractivity contribution in [3.05, 3.63) is 52.7 Å². The van der Waals surface area contributed by atoms with E-state index in [-0.39, 0.29) is 5.02 Å². The lowest BCUT2D eigenvalue weighted by Crippen LogP contribution is -2.48. The minimum absolute atomic E-state index is 0.171. The van der Waals surface area contributed by atoms with Crippen LogP contribution in [0.25, 0.3) is 4.85 Å². The summed E-state index contributed by atoms with van der Waals surface area (Å²) in [5.41, 5.74) is -2.86. The Morgan fingerprint density at radius 2 is 2.03 bits per heavy atom. The second-order valence-corrected chi connectivity index (χ2v) is 9.57. The van der Waals surface area contributed by atoms with Gasteiger partial charge in [0.15, 0.2) is 23.1 Å². The maximum Gasteiger partial charge on any atom is 0.422 e. The maximum atomic E-state index is 14.2. The molecule has 0 unspecified atom stereocenters. The molecule has 184 valence electrons. The normalized spacial score (nSPS) is 21.3. The van der Waals surface area contributed by atoms with Gasteiger partial charge in [0, 0.05) is 18.8 Å². The van der Waals surface area contributed by atoms with Crippen LogP contribution in [0, 0.1) is 12.4 Å². The van der Waals surface area contributed by atoms with Crippen molar-refractivity contribution in [1.29, 1.82) is 0 Å². The number of alkyl halides is 3. The summed E-state index contributed by atoms with van der Waals surface area (Å²) >= 11 is 5.71. The number of β-amino-alcohol motifs (C(OH)–C–C–N with tert-alkyl or cyclic N) is 1. The summed E-state index contributed by atoms with van der Waals surface area (Å²) in [5, 5.41) is 20.2. The fourth-order valence-corrected chi connectivity index (χ4v) is 4.61. The predicted octanol–water partition coefficient (Wildman–Crippen LogP) is 2.54. The first-order valence-electron chi connectivity index (χ1n) is 9.31. The van der Waals surface area contributed by atoms with Crippen LogP contribution in [0.1, 0.15) is 0 Å². The molecule has 1 aliphatic heterocycles. The van der Waals surface area contributed by atoms with Crippen LogP contribution in [0.5, 0.6) is 11.5 Å². The summed E-state index contributed by atoms with van der Waals surface area (Å²) < 4.78 is 88.6. The van der Waals surface area contributed by atoms with Gasteiger partial charge in [-0.2, -0.15) is 17.5 Å². The van der Waals surface area contributed by atoms with Crippen LogP contribution in [0.4, 0.5) is 23.2 Å². The van der Waals surface area contributed by atoms with Crippen molar-refractivity contribution in [1.82, 2.24) is 9.29 Å². The Balaban J connectivity index is 1.93. The summed E-state index contributed by atoms with van der Waals surface area (Å²) in [6.07, 6.45) is -5.23. The number of ether oxygens (including phenoxy) is 2. The summed E-state index contributed by atoms with van der Waals surface area (Å²) in [7, 11) is -4.30. The van der Waals surface area contributed by atoms with Gasteiger partial charge < -0.3 is 19.7 Å². The van der Waals surface area contributed by atoms with Gasteiger partial charge in [-0.05, 0) is 18.2 Å². The van der Waals surface area contributed by atoms with Crippen molar-refractivity contribution in [2.24, 2.45) is 0 Å². The summed E-state index contributed by atoms with van der Waals surface area (Å²) in [5.74, 6) is -2.44. The van der Waals surface area contributed by atoms with Crippen molar-refractivity contribution in [2.45, 2.75) is 22.9 Å². The minimum atomic E-state index is -4.76. The molecule has 0 amide bonds. The molecule has 9 nitrogen and oxygen atoms in total. The van der Waals surface area contributed by atoms with Gasteiger partial charge in [0.1, 0.15) is 17.5 Å². The van der Waals surface area contributed by atoms with E-state index in [2.05, 4.69) is 14.6 Å². The fourth-order valence-electron chi connectivity index (χ4n) is 3.08. The summed E-state index contributed by atoms with van der Waals surface area (Å²) in [4.78, 5) is 6.56. The highest BCUT2D eigenvalue weighted by molar-refractivity contribution is 7.89. The molecule has 3 rings (SSSR count). The SMILES string of the molecule is [C-]#[N+]c1cc(OCC(F)(F)F)c(O[C@H]2CN(S(=O)(=O)c3ccc(Cl)cn3)C[C@@]2(O)CO)cc1F. The first-order valence-corrected chi connectivity index (χ1v) is 11.1. The van der Waals surface area contributed by atoms with Crippen LogP contribution >= 0.6 is 11.6 Å². The van der Waals surface area contributed by atoms with E-state index in [1.54, 1.807) is 0 Å². The highest BCUT2D eigenvalue weighted by Crippen LogP contribution is 2.38. The second kappa shape index (κ2) is 9.51. The topological polar surface area (TPSA) is 114 Å². The molecule has 1 fully saturated rings. The van der Waals surface area contributed by atoms with E-state index in [1.165, 1.54) is 6.07 Å². The maximum absolute atomic E-state index is 14.2. The molecular weight excluding hydrogens is 510 g/mol. The third-order valence-electron chi connectivity index (χ3n) is 4.79. The van der Waals surface area contributed by atoms with Gasteiger partial charge >= 0.3 is 6.18 Å². The predicted molar refractivity (Wildman–Crippen MR) is 109 cm³/mol. The van der Waals surface area contributed by atoms with E-state index in [0.29, 0.717) is 12.1 Å². The molecule has 1 saturated heterocycles. The molecule has 1 aliphatic rings. The quantitative estimate of drug-likeness (QED) is 0.422. The summed E-state index contributed by atoms with van der Waals surface area (Å²) in [6, 6.07) is 3.65. The van der Waals surface area contributed by atoms with Crippen LogP contribution in [0.15, 0.2) is 35.5 Å². The first-order chi connectivity index (χ1) is 15.8. The fraction of sp³-hybridized carbons (Fsp3) is 0.368. The smallest absolute Gasteiger partial charge is 0.422 e. The lowest BCUT2D eigenvalue weighted by Gasteiger charge is -2.28. The van der Waals surface area contributed by atoms with E-state index in [4.69, 9.17) is 22.9 Å². The molecule has 1 aromatic heterocycles. The number of hydrogen-bond acceptors (Lipinski definition) is 7. The number of nitrogens with zero attached hydrogens (tertiary/aromatic N) is 3. The van der Waals surface area contributed by atoms with Crippen molar-refractivity contribution in [3.8, 4) is 11.5 Å². The van der Waals surface area contributed by atoms with Gasteiger partial charge in [0.05, 0.1) is 24.7 Å². The minimum Gasteiger partial charge on any atom is -0.482 e. The molecule has 2 aromatic rings. The van der Waals surface area contributed by atoms with Gasteiger partial charge in [-0.25, -0.2) is 22.6 Å². The molecule has 0 saturated carbocycles. The molecule has 0 aliphatic carbocycles. The molecule has 0 radical (unpaired) electrons. The Bertz CT molecular complexity index is 1210. The van der Waals surface area contributed by atoms with Crippen molar-refractivity contribution >= 4 is 27.3 Å². The number of sulfonamides is 1. The third-order valence-corrected chi connectivity index (χ3v) is 6.74. The molecule has 34 heavy (non-hydrogen) atoms. The standard InChI is InChI=1S/C19H16ClF4N3O6S/c1-25-13-5-14(32-10-19(22,23)24)15(4-12(13)21)33-16-7-27(8-18(16,29)9-28)34(30,31)17-3-2-11(20)6-26-17/h2-6,16,28-29H,7-10H2/t16-,18+/m0/s1. The lowest BCUT2D eigenvalue weighted by atomic mass is 10.0. The zero-order chi connectivity index (χ0) is 25.3. The molecule has 2 atom stereocenters. The highest BCUT2D eigenvalue weighted by atomic mass is 35.5. The van der Waals surface area contributed by atoms with E-state index in [0.717, 1.165) is 16.6 Å². The number of aliphatic hydroxyl groups is 2. The second-order valence-electron chi connectivity index (χ2n) is 7.25. The van der Waals surface area contributed by atoms with E-state index in [1.807, 2.05) is 0 Å². The highest BCUT2D eigenvalue weighted by Gasteiger charge is 2.51. The van der Waals surface area contributed by atoms with Gasteiger partial charge in [-0.3, -0.25) is 0 Å². The Kier molecular flexibility index (Phi) is 7.25. The summed E-state index contributed by atoms with van der Waals surface area (Å²) in [6.45, 7) is 2.89. The van der Waals surface area contributed by atoms with E-state index >= 15 is 0 Å². The van der Waals surface area contributed by atoms with Crippen LogP contribution in [-0.2, 0) is 10.0 Å². The third kappa shape index (κ3) is 5.50. The zero-order valence-corrected chi connectivity index (χ0v) is 18.5. The van der Waals surface area contributed by atoms with Gasteiger partial charge in [-0.1, -0.05) is 11.6 Å². The Hall–Kier alpha value is -2.70. The average Bonchev–Trinajstić information content (AvgIpc) is 3.10. The molecule has 2 N–H and O–H groups in total. The molecule has 0 bridgehead atoms. The van der Waals surface area contributed by atoms with Crippen LogP contribution in [-0.4, -0.2) is 72.1 Å². The molecule has 1 aromatic carbocycles. The molecular formula is C19H16ClF4N3O6S. The first kappa shape index (κ1) is 25.9. The van der Waals surface area contributed by atoms with Crippen LogP contribution in [0.2, 0.25) is 5.02 Å². The number of halogens is 5. The zero-order valence-electron chi connectivity index (χ0n) is 17.0. The van der Waals surface area contributed by atoms with Gasteiger partial charge in [0.2, 0.25) is 5.69 Å². The van der Waals surface area contributed by atoms with E-state index in [9.17, 15) is 36.2 Å². The average molecular weight is 526 g/mol. The Labute approximate surface area is 196 Å². The monoisotopic (exact) mass is 525 g/mol. The number of aromatic nitrogens is 1. The number of pyridine rings is 1.